The molecule has 1 aromatic rings. The highest BCUT2D eigenvalue weighted by Gasteiger charge is 1.95. The van der Waals surface area contributed by atoms with E-state index in [4.69, 9.17) is 11.3 Å². The van der Waals surface area contributed by atoms with Gasteiger partial charge in [0.15, 0.2) is 0 Å². The molecule has 0 radical (unpaired) electrons. The first kappa shape index (κ1) is 10.1. The minimum atomic E-state index is -0.433. The Morgan fingerprint density at radius 2 is 2.36 bits per heavy atom. The van der Waals surface area contributed by atoms with E-state index in [1.165, 1.54) is 12.1 Å². The summed E-state index contributed by atoms with van der Waals surface area (Å²) < 4.78 is 12.7. The van der Waals surface area contributed by atoms with E-state index < -0.39 is 5.82 Å². The van der Waals surface area contributed by atoms with Gasteiger partial charge in [0.2, 0.25) is 0 Å². The Morgan fingerprint density at radius 3 is 3.00 bits per heavy atom. The Hall–Kier alpha value is -2.00. The van der Waals surface area contributed by atoms with Crippen molar-refractivity contribution in [3.8, 4) is 0 Å². The van der Waals surface area contributed by atoms with Gasteiger partial charge in [0.05, 0.1) is 5.69 Å². The van der Waals surface area contributed by atoms with Gasteiger partial charge in [-0.15, -0.1) is 0 Å². The Balaban J connectivity index is 2.72. The number of nitrogens with zero attached hydrogens (tertiary/aromatic N) is 3. The zero-order valence-electron chi connectivity index (χ0n) is 7.39. The Bertz CT molecular complexity index is 394. The quantitative estimate of drug-likeness (QED) is 0.340. The van der Waals surface area contributed by atoms with E-state index in [2.05, 4.69) is 10.0 Å². The molecule has 0 saturated heterocycles. The lowest BCUT2D eigenvalue weighted by Gasteiger charge is -1.97. The highest BCUT2D eigenvalue weighted by molar-refractivity contribution is 5.56. The molecule has 4 nitrogen and oxygen atoms in total. The number of nitrogens with two attached hydrogens (primary N) is 1. The smallest absolute Gasteiger partial charge is 0.146 e. The number of halogens is 1. The summed E-state index contributed by atoms with van der Waals surface area (Å²) in [5.74, 6) is -0.433. The molecule has 0 atom stereocenters. The van der Waals surface area contributed by atoms with Gasteiger partial charge in [-0.1, -0.05) is 23.3 Å². The highest BCUT2D eigenvalue weighted by Crippen LogP contribution is 2.13. The predicted octanol–water partition coefficient (Wildman–Crippen LogP) is 2.73. The fraction of sp³-hybridized carbons (Fsp3) is 0.111. The third kappa shape index (κ3) is 2.80. The number of hydrogen-bond donors (Lipinski definition) is 1. The van der Waals surface area contributed by atoms with Crippen molar-refractivity contribution < 1.29 is 4.39 Å². The number of anilines is 1. The molecule has 14 heavy (non-hydrogen) atoms. The van der Waals surface area contributed by atoms with Gasteiger partial charge in [0.25, 0.3) is 0 Å². The summed E-state index contributed by atoms with van der Waals surface area (Å²) in [5.41, 5.74) is 14.2. The van der Waals surface area contributed by atoms with Gasteiger partial charge in [-0.25, -0.2) is 4.39 Å². The first-order valence-corrected chi connectivity index (χ1v) is 3.96. The third-order valence-corrected chi connectivity index (χ3v) is 1.58. The first-order valence-electron chi connectivity index (χ1n) is 3.96. The molecule has 0 bridgehead atoms. The molecular formula is C9H9FN4. The van der Waals surface area contributed by atoms with Gasteiger partial charge >= 0.3 is 0 Å². The molecule has 0 spiro atoms. The normalized spacial score (nSPS) is 10.1. The zero-order chi connectivity index (χ0) is 10.4. The predicted molar refractivity (Wildman–Crippen MR) is 53.9 cm³/mol. The second-order valence-corrected chi connectivity index (χ2v) is 2.60. The largest absolute Gasteiger partial charge is 0.396 e. The first-order chi connectivity index (χ1) is 6.74. The summed E-state index contributed by atoms with van der Waals surface area (Å²) >= 11 is 0. The Morgan fingerprint density at radius 1 is 1.57 bits per heavy atom. The van der Waals surface area contributed by atoms with E-state index in [9.17, 15) is 4.39 Å². The molecule has 0 aromatic heterocycles. The van der Waals surface area contributed by atoms with Crippen molar-refractivity contribution >= 4 is 11.8 Å². The lowest BCUT2D eigenvalue weighted by molar-refractivity contribution is 0.632. The van der Waals surface area contributed by atoms with Gasteiger partial charge in [-0.2, -0.15) is 0 Å². The van der Waals surface area contributed by atoms with Crippen LogP contribution in [0.2, 0.25) is 0 Å². The van der Waals surface area contributed by atoms with Crippen LogP contribution in [0, 0.1) is 5.82 Å². The van der Waals surface area contributed by atoms with Crippen molar-refractivity contribution in [3.63, 3.8) is 0 Å². The maximum atomic E-state index is 12.7. The van der Waals surface area contributed by atoms with Crippen LogP contribution in [0.15, 0.2) is 29.4 Å². The maximum Gasteiger partial charge on any atom is 0.146 e. The van der Waals surface area contributed by atoms with Crippen LogP contribution in [0.4, 0.5) is 10.1 Å². The Kier molecular flexibility index (Phi) is 3.52. The summed E-state index contributed by atoms with van der Waals surface area (Å²) in [6.07, 6.45) is 3.39. The molecular weight excluding hydrogens is 183 g/mol. The second kappa shape index (κ2) is 4.89. The van der Waals surface area contributed by atoms with Crippen LogP contribution >= 0.6 is 0 Å². The van der Waals surface area contributed by atoms with E-state index >= 15 is 0 Å². The molecule has 0 saturated carbocycles. The van der Waals surface area contributed by atoms with Crippen LogP contribution in [-0.4, -0.2) is 6.54 Å². The average molecular weight is 192 g/mol. The molecule has 72 valence electrons. The molecule has 0 heterocycles. The zero-order valence-corrected chi connectivity index (χ0v) is 7.39. The van der Waals surface area contributed by atoms with Crippen LogP contribution < -0.4 is 5.73 Å². The fourth-order valence-corrected chi connectivity index (χ4v) is 0.938. The number of benzene rings is 1. The molecule has 0 aliphatic rings. The van der Waals surface area contributed by atoms with E-state index in [0.29, 0.717) is 0 Å². The monoisotopic (exact) mass is 192 g/mol. The second-order valence-electron chi connectivity index (χ2n) is 2.60. The van der Waals surface area contributed by atoms with Crippen LogP contribution in [0.5, 0.6) is 0 Å². The van der Waals surface area contributed by atoms with Gasteiger partial charge < -0.3 is 5.73 Å². The van der Waals surface area contributed by atoms with Crippen LogP contribution in [0.3, 0.4) is 0 Å². The third-order valence-electron chi connectivity index (χ3n) is 1.58. The van der Waals surface area contributed by atoms with Gasteiger partial charge in [-0.3, -0.25) is 0 Å². The van der Waals surface area contributed by atoms with Crippen LogP contribution in [-0.2, 0) is 0 Å². The minimum Gasteiger partial charge on any atom is -0.396 e. The van der Waals surface area contributed by atoms with E-state index in [1.54, 1.807) is 18.2 Å². The summed E-state index contributed by atoms with van der Waals surface area (Å²) in [7, 11) is 0. The lowest BCUT2D eigenvalue weighted by Crippen LogP contribution is -1.90. The van der Waals surface area contributed by atoms with Crippen molar-refractivity contribution in [2.75, 3.05) is 12.3 Å². The topological polar surface area (TPSA) is 74.8 Å². The van der Waals surface area contributed by atoms with Crippen LogP contribution in [0.1, 0.15) is 5.56 Å². The number of nitrogen functional groups attached to an aromatic ring is 1. The lowest BCUT2D eigenvalue weighted by atomic mass is 10.2. The van der Waals surface area contributed by atoms with Gasteiger partial charge in [0, 0.05) is 11.5 Å². The number of rotatable bonds is 3. The standard InChI is InChI=1S/C9H9FN4/c10-8-4-3-7(6-9(8)11)2-1-5-13-14-12/h1-4,6H,5,11H2. The van der Waals surface area contributed by atoms with Crippen molar-refractivity contribution in [1.82, 2.24) is 0 Å². The minimum absolute atomic E-state index is 0.107. The summed E-state index contributed by atoms with van der Waals surface area (Å²) in [6, 6.07) is 4.41. The fourth-order valence-electron chi connectivity index (χ4n) is 0.938. The number of hydrogen-bond acceptors (Lipinski definition) is 2. The molecule has 1 aromatic carbocycles. The van der Waals surface area contributed by atoms with Gasteiger partial charge in [-0.05, 0) is 23.2 Å². The van der Waals surface area contributed by atoms with E-state index in [-0.39, 0.29) is 12.2 Å². The number of azide groups is 1. The molecule has 1 rings (SSSR count). The maximum absolute atomic E-state index is 12.7. The molecule has 0 aliphatic carbocycles. The van der Waals surface area contributed by atoms with Crippen LogP contribution in [0.25, 0.3) is 16.5 Å². The molecule has 0 unspecified atom stereocenters. The molecule has 0 aliphatic heterocycles. The summed E-state index contributed by atoms with van der Waals surface area (Å²) in [5, 5.41) is 3.32. The van der Waals surface area contributed by atoms with Gasteiger partial charge in [0.1, 0.15) is 5.82 Å². The van der Waals surface area contributed by atoms with E-state index in [1.807, 2.05) is 0 Å². The molecule has 5 heteroatoms. The van der Waals surface area contributed by atoms with Crippen molar-refractivity contribution in [2.45, 2.75) is 0 Å². The van der Waals surface area contributed by atoms with Crippen molar-refractivity contribution in [1.29, 1.82) is 0 Å². The molecule has 2 N–H and O–H groups in total. The summed E-state index contributed by atoms with van der Waals surface area (Å²) in [6.45, 7) is 0.272. The highest BCUT2D eigenvalue weighted by atomic mass is 19.1. The molecule has 0 fully saturated rings. The SMILES string of the molecule is [N-]=[N+]=NCC=Cc1ccc(F)c(N)c1. The summed E-state index contributed by atoms with van der Waals surface area (Å²) in [4.78, 5) is 2.59. The van der Waals surface area contributed by atoms with Crippen molar-refractivity contribution in [2.24, 2.45) is 5.11 Å². The van der Waals surface area contributed by atoms with E-state index in [0.717, 1.165) is 5.56 Å². The van der Waals surface area contributed by atoms with Crippen molar-refractivity contribution in [3.05, 3.63) is 46.1 Å². The molecule has 0 amide bonds. The average Bonchev–Trinajstić information content (AvgIpc) is 2.18. The Labute approximate surface area is 80.5 Å².